The van der Waals surface area contributed by atoms with Crippen LogP contribution in [0.15, 0.2) is 53.4 Å². The van der Waals surface area contributed by atoms with Crippen LogP contribution in [0.1, 0.15) is 29.7 Å². The van der Waals surface area contributed by atoms with Crippen molar-refractivity contribution in [2.45, 2.75) is 50.1 Å². The van der Waals surface area contributed by atoms with Crippen molar-refractivity contribution >= 4 is 26.9 Å². The van der Waals surface area contributed by atoms with Crippen LogP contribution in [0.4, 0.5) is 0 Å². The maximum absolute atomic E-state index is 12.8. The minimum Gasteiger partial charge on any atom is -0.550 e. The maximum Gasteiger partial charge on any atom is 1.00 e. The summed E-state index contributed by atoms with van der Waals surface area (Å²) in [6.45, 7) is 2.28. The third-order valence-corrected chi connectivity index (χ3v) is 7.10. The predicted octanol–water partition coefficient (Wildman–Crippen LogP) is -1.07. The first-order valence-corrected chi connectivity index (χ1v) is 11.2. The smallest absolute Gasteiger partial charge is 0.550 e. The normalized spacial score (nSPS) is 16.1. The molecule has 3 aromatic rings. The molecule has 1 aromatic heterocycles. The van der Waals surface area contributed by atoms with E-state index < -0.39 is 16.0 Å². The summed E-state index contributed by atoms with van der Waals surface area (Å²) in [6.07, 6.45) is 1.89. The summed E-state index contributed by atoms with van der Waals surface area (Å²) in [6, 6.07) is 14.5. The minimum absolute atomic E-state index is 0. The molecule has 1 heterocycles. The number of nitrogens with one attached hydrogen (secondary N) is 1. The van der Waals surface area contributed by atoms with Crippen molar-refractivity contribution < 1.29 is 47.9 Å². The maximum atomic E-state index is 12.8. The van der Waals surface area contributed by atoms with Crippen molar-refractivity contribution in [3.8, 4) is 0 Å². The fourth-order valence-electron chi connectivity index (χ4n) is 4.16. The number of para-hydroxylation sites is 1. The van der Waals surface area contributed by atoms with Crippen LogP contribution in [-0.4, -0.2) is 25.0 Å². The number of aromatic nitrogens is 1. The van der Waals surface area contributed by atoms with Crippen LogP contribution in [0.25, 0.3) is 10.9 Å². The van der Waals surface area contributed by atoms with E-state index in [0.717, 1.165) is 27.7 Å². The molecule has 1 aliphatic rings. The summed E-state index contributed by atoms with van der Waals surface area (Å²) in [7, 11) is -3.59. The summed E-state index contributed by atoms with van der Waals surface area (Å²) in [4.78, 5) is 11.2. The number of carboxylic acids is 1. The molecule has 6 nitrogen and oxygen atoms in total. The van der Waals surface area contributed by atoms with Gasteiger partial charge in [-0.25, -0.2) is 13.1 Å². The summed E-state index contributed by atoms with van der Waals surface area (Å²) >= 11 is 0. The van der Waals surface area contributed by atoms with E-state index in [1.165, 1.54) is 0 Å². The molecule has 2 aromatic carbocycles. The van der Waals surface area contributed by atoms with Gasteiger partial charge in [0.2, 0.25) is 10.0 Å². The summed E-state index contributed by atoms with van der Waals surface area (Å²) in [5, 5.41) is 12.0. The van der Waals surface area contributed by atoms with Crippen LogP contribution in [0, 0.1) is 6.92 Å². The molecule has 0 saturated heterocycles. The van der Waals surface area contributed by atoms with Crippen LogP contribution in [0.3, 0.4) is 0 Å². The van der Waals surface area contributed by atoms with Gasteiger partial charge in [-0.3, -0.25) is 0 Å². The summed E-state index contributed by atoms with van der Waals surface area (Å²) in [5.74, 6) is -1.07. The molecular weight excluding hydrogens is 411 g/mol. The van der Waals surface area contributed by atoms with Gasteiger partial charge < -0.3 is 14.5 Å². The molecule has 152 valence electrons. The number of hydrogen-bond acceptors (Lipinski definition) is 4. The molecule has 1 unspecified atom stereocenters. The number of hydrogen-bond donors (Lipinski definition) is 1. The number of aliphatic carboxylic acids is 1. The largest absolute Gasteiger partial charge is 1.00 e. The number of rotatable bonds is 6. The molecule has 0 fully saturated rings. The zero-order chi connectivity index (χ0) is 20.6. The average Bonchev–Trinajstić information content (AvgIpc) is 2.99. The van der Waals surface area contributed by atoms with E-state index in [0.29, 0.717) is 25.8 Å². The van der Waals surface area contributed by atoms with Gasteiger partial charge in [0.1, 0.15) is 0 Å². The van der Waals surface area contributed by atoms with Crippen molar-refractivity contribution in [1.82, 2.24) is 9.29 Å². The molecule has 0 saturated carbocycles. The van der Waals surface area contributed by atoms with Crippen molar-refractivity contribution in [3.63, 3.8) is 0 Å². The van der Waals surface area contributed by atoms with E-state index in [9.17, 15) is 18.3 Å². The molecule has 0 spiro atoms. The Morgan fingerprint density at radius 1 is 1.17 bits per heavy atom. The van der Waals surface area contributed by atoms with Crippen LogP contribution >= 0.6 is 0 Å². The van der Waals surface area contributed by atoms with Gasteiger partial charge in [-0.1, -0.05) is 35.9 Å². The van der Waals surface area contributed by atoms with Crippen molar-refractivity contribution in [1.29, 1.82) is 0 Å². The minimum atomic E-state index is -3.59. The van der Waals surface area contributed by atoms with Gasteiger partial charge in [0, 0.05) is 41.6 Å². The number of aryl methyl sites for hydroxylation is 2. The SMILES string of the molecule is Cc1ccc(S(=O)(=O)NC2CCc3c(c4ccccc4n3CCC(=O)[O-])C2)cc1.[Na+]. The van der Waals surface area contributed by atoms with Gasteiger partial charge in [0.15, 0.2) is 0 Å². The first-order chi connectivity index (χ1) is 13.8. The first kappa shape index (κ1) is 23.0. The Labute approximate surface area is 198 Å². The topological polar surface area (TPSA) is 91.2 Å². The fourth-order valence-corrected chi connectivity index (χ4v) is 5.44. The predicted molar refractivity (Wildman–Crippen MR) is 109 cm³/mol. The quantitative estimate of drug-likeness (QED) is 0.500. The molecule has 1 aliphatic carbocycles. The van der Waals surface area contributed by atoms with E-state index in [2.05, 4.69) is 4.72 Å². The van der Waals surface area contributed by atoms with Crippen LogP contribution in [-0.2, 0) is 34.2 Å². The molecule has 1 N–H and O–H groups in total. The Kier molecular flexibility index (Phi) is 7.09. The van der Waals surface area contributed by atoms with Crippen LogP contribution in [0.5, 0.6) is 0 Å². The summed E-state index contributed by atoms with van der Waals surface area (Å²) < 4.78 is 30.5. The number of benzene rings is 2. The second kappa shape index (κ2) is 9.24. The molecule has 4 rings (SSSR count). The van der Waals surface area contributed by atoms with Gasteiger partial charge in [-0.2, -0.15) is 0 Å². The molecule has 8 heteroatoms. The number of carbonyl (C=O) groups is 1. The van der Waals surface area contributed by atoms with Crippen molar-refractivity contribution in [2.75, 3.05) is 0 Å². The van der Waals surface area contributed by atoms with Gasteiger partial charge in [0.05, 0.1) is 4.90 Å². The van der Waals surface area contributed by atoms with Crippen LogP contribution in [0.2, 0.25) is 0 Å². The Bertz CT molecular complexity index is 1170. The molecule has 0 bridgehead atoms. The number of carboxylic acid groups (broad SMARTS) is 1. The average molecular weight is 434 g/mol. The molecule has 0 amide bonds. The first-order valence-electron chi connectivity index (χ1n) is 9.73. The van der Waals surface area contributed by atoms with Crippen molar-refractivity contribution in [2.24, 2.45) is 0 Å². The fraction of sp³-hybridized carbons (Fsp3) is 0.318. The van der Waals surface area contributed by atoms with Gasteiger partial charge in [-0.05, 0) is 49.9 Å². The number of nitrogens with zero attached hydrogens (tertiary/aromatic N) is 1. The molecule has 0 aliphatic heterocycles. The van der Waals surface area contributed by atoms with E-state index in [1.54, 1.807) is 24.3 Å². The van der Waals surface area contributed by atoms with Crippen LogP contribution < -0.4 is 39.4 Å². The summed E-state index contributed by atoms with van der Waals surface area (Å²) in [5.41, 5.74) is 4.19. The van der Waals surface area contributed by atoms with E-state index in [4.69, 9.17) is 0 Å². The molecular formula is C22H23N2NaO4S. The Morgan fingerprint density at radius 2 is 1.87 bits per heavy atom. The van der Waals surface area contributed by atoms with Crippen molar-refractivity contribution in [3.05, 3.63) is 65.4 Å². The zero-order valence-corrected chi connectivity index (χ0v) is 20.0. The Hall–Kier alpha value is -1.64. The zero-order valence-electron chi connectivity index (χ0n) is 17.2. The number of carbonyl (C=O) groups excluding carboxylic acids is 1. The molecule has 1 atom stereocenters. The van der Waals surface area contributed by atoms with E-state index in [1.807, 2.05) is 35.8 Å². The third-order valence-electron chi connectivity index (χ3n) is 5.57. The van der Waals surface area contributed by atoms with Gasteiger partial charge in [0.25, 0.3) is 0 Å². The Balaban J connectivity index is 0.00000256. The third kappa shape index (κ3) is 4.65. The number of sulfonamides is 1. The molecule has 30 heavy (non-hydrogen) atoms. The standard InChI is InChI=1S/C22H24N2O4S.Na/c1-15-6-9-17(10-7-15)29(27,28)23-16-8-11-21-19(14-16)18-4-2-3-5-20(18)24(21)13-12-22(25)26;/h2-7,9-10,16,23H,8,11-14H2,1H3,(H,25,26);/q;+1/p-1. The second-order valence-electron chi connectivity index (χ2n) is 7.59. The Morgan fingerprint density at radius 3 is 2.57 bits per heavy atom. The number of fused-ring (bicyclic) bond motifs is 3. The monoisotopic (exact) mass is 434 g/mol. The molecule has 0 radical (unpaired) electrons. The van der Waals surface area contributed by atoms with E-state index in [-0.39, 0.29) is 46.9 Å². The van der Waals surface area contributed by atoms with E-state index >= 15 is 0 Å². The second-order valence-corrected chi connectivity index (χ2v) is 9.30. The van der Waals surface area contributed by atoms with Gasteiger partial charge in [-0.15, -0.1) is 0 Å². The van der Waals surface area contributed by atoms with Gasteiger partial charge >= 0.3 is 29.6 Å².